The van der Waals surface area contributed by atoms with E-state index in [0.29, 0.717) is 11.6 Å². The average molecular weight is 284 g/mol. The lowest BCUT2D eigenvalue weighted by Crippen LogP contribution is -2.58. The number of anilines is 1. The van der Waals surface area contributed by atoms with Crippen LogP contribution in [0, 0.1) is 0 Å². The number of carbonyl (C=O) groups is 1. The van der Waals surface area contributed by atoms with Crippen LogP contribution in [0.15, 0.2) is 30.3 Å². The molecule has 21 heavy (non-hydrogen) atoms. The zero-order valence-corrected chi connectivity index (χ0v) is 12.2. The third kappa shape index (κ3) is 2.56. The van der Waals surface area contributed by atoms with E-state index in [1.807, 2.05) is 30.3 Å². The molecule has 0 spiro atoms. The Morgan fingerprint density at radius 2 is 2.19 bits per heavy atom. The fourth-order valence-corrected chi connectivity index (χ4v) is 2.70. The fraction of sp³-hybridized carbons (Fsp3) is 0.375. The summed E-state index contributed by atoms with van der Waals surface area (Å²) in [6.07, 6.45) is 1.00. The van der Waals surface area contributed by atoms with Crippen LogP contribution in [0.3, 0.4) is 0 Å². The molecular weight excluding hydrogens is 264 g/mol. The van der Waals surface area contributed by atoms with Crippen molar-refractivity contribution in [1.82, 2.24) is 10.3 Å². The van der Waals surface area contributed by atoms with Gasteiger partial charge >= 0.3 is 0 Å². The molecule has 1 aromatic carbocycles. The van der Waals surface area contributed by atoms with Gasteiger partial charge in [0.1, 0.15) is 5.82 Å². The summed E-state index contributed by atoms with van der Waals surface area (Å²) in [5, 5.41) is 4.21. The van der Waals surface area contributed by atoms with Crippen molar-refractivity contribution in [2.45, 2.75) is 19.4 Å². The molecule has 0 aliphatic carbocycles. The molecular formula is C16H20N4O. The average Bonchev–Trinajstić information content (AvgIpc) is 2.43. The van der Waals surface area contributed by atoms with Gasteiger partial charge in [0.05, 0.1) is 17.1 Å². The maximum atomic E-state index is 11.8. The Morgan fingerprint density at radius 3 is 2.81 bits per heavy atom. The van der Waals surface area contributed by atoms with Crippen LogP contribution in [0.4, 0.5) is 5.82 Å². The second kappa shape index (κ2) is 5.69. The summed E-state index contributed by atoms with van der Waals surface area (Å²) in [7, 11) is 0. The first-order chi connectivity index (χ1) is 10.2. The van der Waals surface area contributed by atoms with Crippen molar-refractivity contribution in [1.29, 1.82) is 0 Å². The number of pyridine rings is 1. The number of nitrogens with two attached hydrogens (primary N) is 1. The summed E-state index contributed by atoms with van der Waals surface area (Å²) in [6, 6.07) is 10.1. The smallest absolute Gasteiger partial charge is 0.252 e. The Hall–Kier alpha value is -2.14. The van der Waals surface area contributed by atoms with Gasteiger partial charge in [-0.1, -0.05) is 25.1 Å². The van der Waals surface area contributed by atoms with E-state index < -0.39 is 5.91 Å². The van der Waals surface area contributed by atoms with Crippen LogP contribution >= 0.6 is 0 Å². The maximum Gasteiger partial charge on any atom is 0.252 e. The number of aromatic nitrogens is 1. The fourth-order valence-electron chi connectivity index (χ4n) is 2.70. The summed E-state index contributed by atoms with van der Waals surface area (Å²) in [5.41, 5.74) is 6.98. The van der Waals surface area contributed by atoms with Gasteiger partial charge in [-0.3, -0.25) is 4.79 Å². The molecule has 3 rings (SSSR count). The molecule has 1 aromatic heterocycles. The zero-order valence-electron chi connectivity index (χ0n) is 12.2. The number of hydrogen-bond acceptors (Lipinski definition) is 4. The van der Waals surface area contributed by atoms with Gasteiger partial charge in [-0.25, -0.2) is 4.98 Å². The van der Waals surface area contributed by atoms with Gasteiger partial charge in [0.2, 0.25) is 0 Å². The highest BCUT2D eigenvalue weighted by Gasteiger charge is 2.28. The van der Waals surface area contributed by atoms with Crippen molar-refractivity contribution in [2.75, 3.05) is 24.5 Å². The minimum Gasteiger partial charge on any atom is -0.365 e. The summed E-state index contributed by atoms with van der Waals surface area (Å²) in [4.78, 5) is 18.8. The van der Waals surface area contributed by atoms with Crippen molar-refractivity contribution in [3.05, 3.63) is 35.9 Å². The number of para-hydroxylation sites is 1. The van der Waals surface area contributed by atoms with Crippen LogP contribution in [0.2, 0.25) is 0 Å². The number of hydrogen-bond donors (Lipinski definition) is 2. The van der Waals surface area contributed by atoms with Crippen molar-refractivity contribution in [3.8, 4) is 0 Å². The van der Waals surface area contributed by atoms with Crippen LogP contribution in [-0.4, -0.2) is 36.6 Å². The zero-order chi connectivity index (χ0) is 14.8. The Labute approximate surface area is 124 Å². The summed E-state index contributed by atoms with van der Waals surface area (Å²) >= 11 is 0. The van der Waals surface area contributed by atoms with Gasteiger partial charge in [0, 0.05) is 25.0 Å². The highest BCUT2D eigenvalue weighted by atomic mass is 16.1. The van der Waals surface area contributed by atoms with E-state index in [9.17, 15) is 4.79 Å². The van der Waals surface area contributed by atoms with Crippen molar-refractivity contribution in [3.63, 3.8) is 0 Å². The molecule has 0 unspecified atom stereocenters. The third-order valence-electron chi connectivity index (χ3n) is 3.91. The topological polar surface area (TPSA) is 71.2 Å². The number of fused-ring (bicyclic) bond motifs is 1. The Bertz CT molecular complexity index is 666. The number of nitrogens with zero attached hydrogens (tertiary/aromatic N) is 2. The van der Waals surface area contributed by atoms with E-state index in [0.717, 1.165) is 42.8 Å². The molecule has 1 aliphatic rings. The van der Waals surface area contributed by atoms with Crippen molar-refractivity contribution < 1.29 is 4.79 Å². The Kier molecular flexibility index (Phi) is 3.75. The van der Waals surface area contributed by atoms with Crippen LogP contribution in [0.5, 0.6) is 0 Å². The molecule has 5 heteroatoms. The molecule has 110 valence electrons. The lowest BCUT2D eigenvalue weighted by Gasteiger charge is -2.39. The monoisotopic (exact) mass is 284 g/mol. The van der Waals surface area contributed by atoms with Crippen LogP contribution in [-0.2, 0) is 0 Å². The largest absolute Gasteiger partial charge is 0.365 e. The minimum atomic E-state index is -0.420. The van der Waals surface area contributed by atoms with E-state index in [4.69, 9.17) is 10.7 Å². The van der Waals surface area contributed by atoms with E-state index in [1.54, 1.807) is 0 Å². The number of carbonyl (C=O) groups excluding carboxylic acids is 1. The van der Waals surface area contributed by atoms with E-state index in [1.165, 1.54) is 0 Å². The van der Waals surface area contributed by atoms with Gasteiger partial charge < -0.3 is 16.0 Å². The van der Waals surface area contributed by atoms with E-state index >= 15 is 0 Å². The number of nitrogens with one attached hydrogen (secondary N) is 1. The normalized spacial score (nSPS) is 14.9. The lowest BCUT2D eigenvalue weighted by molar-refractivity contribution is 0.100. The molecule has 0 saturated carbocycles. The first-order valence-electron chi connectivity index (χ1n) is 7.37. The highest BCUT2D eigenvalue weighted by Crippen LogP contribution is 2.26. The predicted octanol–water partition coefficient (Wildman–Crippen LogP) is 1.52. The Morgan fingerprint density at radius 1 is 1.43 bits per heavy atom. The first-order valence-corrected chi connectivity index (χ1v) is 7.37. The molecule has 2 aromatic rings. The number of benzene rings is 1. The standard InChI is InChI=1S/C16H20N4O/c1-2-7-20(12-9-18-10-12)16-13(15(17)21)8-11-5-3-4-6-14(11)19-16/h3-6,8,12,18H,2,7,9-10H2,1H3,(H2,17,21). The number of amides is 1. The number of primary amides is 1. The van der Waals surface area contributed by atoms with Crippen LogP contribution in [0.1, 0.15) is 23.7 Å². The quantitative estimate of drug-likeness (QED) is 0.873. The van der Waals surface area contributed by atoms with Gasteiger partial charge in [0.25, 0.3) is 5.91 Å². The van der Waals surface area contributed by atoms with E-state index in [-0.39, 0.29) is 0 Å². The summed E-state index contributed by atoms with van der Waals surface area (Å²) in [6.45, 7) is 4.85. The molecule has 1 aliphatic heterocycles. The predicted molar refractivity (Wildman–Crippen MR) is 84.6 cm³/mol. The van der Waals surface area contributed by atoms with Gasteiger partial charge in [-0.15, -0.1) is 0 Å². The second-order valence-corrected chi connectivity index (χ2v) is 5.42. The van der Waals surface area contributed by atoms with Crippen LogP contribution < -0.4 is 16.0 Å². The van der Waals surface area contributed by atoms with Crippen LogP contribution in [0.25, 0.3) is 10.9 Å². The summed E-state index contributed by atoms with van der Waals surface area (Å²) in [5.74, 6) is 0.297. The molecule has 1 amide bonds. The minimum absolute atomic E-state index is 0.386. The second-order valence-electron chi connectivity index (χ2n) is 5.42. The van der Waals surface area contributed by atoms with E-state index in [2.05, 4.69) is 17.1 Å². The molecule has 1 fully saturated rings. The summed E-state index contributed by atoms with van der Waals surface area (Å²) < 4.78 is 0. The highest BCUT2D eigenvalue weighted by molar-refractivity contribution is 6.01. The van der Waals surface area contributed by atoms with Gasteiger partial charge in [0.15, 0.2) is 0 Å². The van der Waals surface area contributed by atoms with Gasteiger partial charge in [-0.05, 0) is 18.6 Å². The third-order valence-corrected chi connectivity index (χ3v) is 3.91. The molecule has 0 atom stereocenters. The molecule has 0 radical (unpaired) electrons. The van der Waals surface area contributed by atoms with Gasteiger partial charge in [-0.2, -0.15) is 0 Å². The van der Waals surface area contributed by atoms with Crippen molar-refractivity contribution >= 4 is 22.6 Å². The maximum absolute atomic E-state index is 11.8. The lowest BCUT2D eigenvalue weighted by atomic mass is 10.1. The molecule has 1 saturated heterocycles. The molecule has 0 bridgehead atoms. The SMILES string of the molecule is CCCN(c1nc2ccccc2cc1C(N)=O)C1CNC1. The molecule has 5 nitrogen and oxygen atoms in total. The van der Waals surface area contributed by atoms with Crippen molar-refractivity contribution in [2.24, 2.45) is 5.73 Å². The molecule has 2 heterocycles. The number of rotatable bonds is 5. The Balaban J connectivity index is 2.12. The first kappa shape index (κ1) is 13.8. The molecule has 3 N–H and O–H groups in total.